The van der Waals surface area contributed by atoms with E-state index in [1.807, 2.05) is 20.8 Å². The fourth-order valence-corrected chi connectivity index (χ4v) is 2.66. The van der Waals surface area contributed by atoms with Crippen LogP contribution in [0.4, 0.5) is 0 Å². The molecule has 0 aliphatic rings. The molecule has 0 bridgehead atoms. The van der Waals surface area contributed by atoms with Crippen LogP contribution in [0.5, 0.6) is 0 Å². The highest BCUT2D eigenvalue weighted by molar-refractivity contribution is 5.94. The summed E-state index contributed by atoms with van der Waals surface area (Å²) in [6.07, 6.45) is 0.933. The molecule has 4 amide bonds. The summed E-state index contributed by atoms with van der Waals surface area (Å²) >= 11 is 0. The van der Waals surface area contributed by atoms with Crippen LogP contribution in [0.15, 0.2) is 0 Å². The summed E-state index contributed by atoms with van der Waals surface area (Å²) in [5.41, 5.74) is 11.1. The summed E-state index contributed by atoms with van der Waals surface area (Å²) in [6, 6.07) is -4.16. The Hall–Kier alpha value is -2.69. The van der Waals surface area contributed by atoms with Crippen LogP contribution in [0.1, 0.15) is 60.3 Å². The quantitative estimate of drug-likeness (QED) is 0.203. The van der Waals surface area contributed by atoms with Gasteiger partial charge in [0.25, 0.3) is 0 Å². The van der Waals surface area contributed by atoms with Gasteiger partial charge in [-0.1, -0.05) is 40.5 Å². The first-order chi connectivity index (χ1) is 14.3. The van der Waals surface area contributed by atoms with Gasteiger partial charge in [0.15, 0.2) is 0 Å². The zero-order chi connectivity index (χ0) is 24.3. The van der Waals surface area contributed by atoms with E-state index in [1.54, 1.807) is 6.92 Å². The van der Waals surface area contributed by atoms with Crippen LogP contribution in [0, 0.1) is 11.8 Å². The van der Waals surface area contributed by atoms with Gasteiger partial charge >= 0.3 is 5.97 Å². The Morgan fingerprint density at radius 3 is 1.84 bits per heavy atom. The van der Waals surface area contributed by atoms with Crippen molar-refractivity contribution in [2.24, 2.45) is 23.3 Å². The molecule has 0 aliphatic heterocycles. The molecule has 0 saturated heterocycles. The topological polar surface area (TPSA) is 194 Å². The lowest BCUT2D eigenvalue weighted by atomic mass is 9.95. The monoisotopic (exact) mass is 443 g/mol. The Bertz CT molecular complexity index is 656. The first-order valence-electron chi connectivity index (χ1n) is 10.5. The van der Waals surface area contributed by atoms with Crippen molar-refractivity contribution in [3.63, 3.8) is 0 Å². The fourth-order valence-electron chi connectivity index (χ4n) is 2.66. The third-order valence-electron chi connectivity index (χ3n) is 5.39. The van der Waals surface area contributed by atoms with Crippen LogP contribution in [-0.4, -0.2) is 58.9 Å². The zero-order valence-electron chi connectivity index (χ0n) is 18.9. The van der Waals surface area contributed by atoms with Crippen LogP contribution >= 0.6 is 0 Å². The molecule has 0 aromatic rings. The molecule has 6 atom stereocenters. The average Bonchev–Trinajstić information content (AvgIpc) is 2.72. The van der Waals surface area contributed by atoms with Gasteiger partial charge in [0.1, 0.15) is 18.1 Å². The molecule has 0 radical (unpaired) electrons. The van der Waals surface area contributed by atoms with E-state index in [-0.39, 0.29) is 24.7 Å². The van der Waals surface area contributed by atoms with E-state index in [2.05, 4.69) is 16.0 Å². The van der Waals surface area contributed by atoms with Gasteiger partial charge in [0, 0.05) is 6.42 Å². The predicted octanol–water partition coefficient (Wildman–Crippen LogP) is -0.770. The maximum atomic E-state index is 12.9. The van der Waals surface area contributed by atoms with E-state index in [4.69, 9.17) is 16.6 Å². The number of carboxylic acid groups (broad SMARTS) is 1. The number of carbonyl (C=O) groups is 5. The van der Waals surface area contributed by atoms with Crippen molar-refractivity contribution < 1.29 is 29.1 Å². The maximum absolute atomic E-state index is 12.9. The van der Waals surface area contributed by atoms with Crippen molar-refractivity contribution in [2.45, 2.75) is 84.5 Å². The van der Waals surface area contributed by atoms with Gasteiger partial charge in [-0.2, -0.15) is 0 Å². The molecule has 0 saturated carbocycles. The number of hydrogen-bond donors (Lipinski definition) is 6. The van der Waals surface area contributed by atoms with E-state index in [0.29, 0.717) is 12.8 Å². The van der Waals surface area contributed by atoms with E-state index in [0.717, 1.165) is 0 Å². The van der Waals surface area contributed by atoms with Crippen molar-refractivity contribution in [1.29, 1.82) is 0 Å². The Kier molecular flexibility index (Phi) is 12.4. The Balaban J connectivity index is 5.50. The summed E-state index contributed by atoms with van der Waals surface area (Å²) in [7, 11) is 0. The van der Waals surface area contributed by atoms with Gasteiger partial charge in [-0.25, -0.2) is 0 Å². The lowest BCUT2D eigenvalue weighted by Gasteiger charge is -2.28. The molecule has 8 N–H and O–H groups in total. The largest absolute Gasteiger partial charge is 0.480 e. The average molecular weight is 444 g/mol. The summed E-state index contributed by atoms with van der Waals surface area (Å²) in [5.74, 6) is -4.17. The van der Waals surface area contributed by atoms with Crippen LogP contribution in [0.3, 0.4) is 0 Å². The van der Waals surface area contributed by atoms with Gasteiger partial charge in [-0.15, -0.1) is 0 Å². The number of aliphatic carboxylic acids is 1. The first kappa shape index (κ1) is 28.3. The number of rotatable bonds is 14. The van der Waals surface area contributed by atoms with Crippen molar-refractivity contribution in [3.8, 4) is 0 Å². The number of hydrogen-bond acceptors (Lipinski definition) is 6. The van der Waals surface area contributed by atoms with Gasteiger partial charge < -0.3 is 32.5 Å². The number of carboxylic acids is 1. The fraction of sp³-hybridized carbons (Fsp3) is 0.750. The summed E-state index contributed by atoms with van der Waals surface area (Å²) in [4.78, 5) is 60.1. The van der Waals surface area contributed by atoms with E-state index in [9.17, 15) is 24.0 Å². The highest BCUT2D eigenvalue weighted by atomic mass is 16.4. The molecule has 0 heterocycles. The SMILES string of the molecule is CCC(C)C(N)C(=O)NC(C(=O)NC(CCC(N)=O)C(=O)NC(C)C(=O)O)C(C)CC. The predicted molar refractivity (Wildman–Crippen MR) is 114 cm³/mol. The standard InChI is InChI=1S/C20H37N5O6/c1-6-10(3)15(22)18(28)25-16(11(4)7-2)19(29)24-13(8-9-14(21)26)17(27)23-12(5)20(30)31/h10-13,15-16H,6-9,22H2,1-5H3,(H2,21,26)(H,23,27)(H,24,29)(H,25,28)(H,30,31). The molecule has 178 valence electrons. The van der Waals surface area contributed by atoms with Gasteiger partial charge in [-0.05, 0) is 25.2 Å². The highest BCUT2D eigenvalue weighted by Crippen LogP contribution is 2.12. The normalized spacial score (nSPS) is 16.7. The maximum Gasteiger partial charge on any atom is 0.325 e. The Morgan fingerprint density at radius 1 is 0.839 bits per heavy atom. The smallest absolute Gasteiger partial charge is 0.325 e. The molecule has 0 spiro atoms. The third-order valence-corrected chi connectivity index (χ3v) is 5.39. The number of nitrogens with one attached hydrogen (secondary N) is 3. The Morgan fingerprint density at radius 2 is 1.39 bits per heavy atom. The lowest BCUT2D eigenvalue weighted by Crippen LogP contribution is -2.59. The summed E-state index contributed by atoms with van der Waals surface area (Å²) in [6.45, 7) is 8.61. The lowest BCUT2D eigenvalue weighted by molar-refractivity contribution is -0.142. The van der Waals surface area contributed by atoms with Crippen molar-refractivity contribution in [2.75, 3.05) is 0 Å². The molecule has 0 rings (SSSR count). The van der Waals surface area contributed by atoms with Crippen molar-refractivity contribution >= 4 is 29.6 Å². The molecule has 31 heavy (non-hydrogen) atoms. The molecule has 0 aromatic heterocycles. The molecule has 0 aromatic carbocycles. The number of amides is 4. The minimum absolute atomic E-state index is 0.0905. The Labute approximate surface area is 183 Å². The van der Waals surface area contributed by atoms with Crippen LogP contribution in [0.2, 0.25) is 0 Å². The summed E-state index contributed by atoms with van der Waals surface area (Å²) < 4.78 is 0. The van der Waals surface area contributed by atoms with Crippen LogP contribution in [-0.2, 0) is 24.0 Å². The van der Waals surface area contributed by atoms with Crippen molar-refractivity contribution in [3.05, 3.63) is 0 Å². The molecular formula is C20H37N5O6. The van der Waals surface area contributed by atoms with Gasteiger partial charge in [0.2, 0.25) is 23.6 Å². The number of nitrogens with two attached hydrogens (primary N) is 2. The number of carbonyl (C=O) groups excluding carboxylic acids is 4. The third kappa shape index (κ3) is 9.77. The second kappa shape index (κ2) is 13.6. The molecule has 0 fully saturated rings. The molecule has 11 heteroatoms. The van der Waals surface area contributed by atoms with Gasteiger partial charge in [0.05, 0.1) is 6.04 Å². The van der Waals surface area contributed by atoms with Crippen LogP contribution in [0.25, 0.3) is 0 Å². The summed E-state index contributed by atoms with van der Waals surface area (Å²) in [5, 5.41) is 16.4. The molecule has 0 aliphatic carbocycles. The van der Waals surface area contributed by atoms with E-state index in [1.165, 1.54) is 6.92 Å². The molecular weight excluding hydrogens is 406 g/mol. The minimum Gasteiger partial charge on any atom is -0.480 e. The molecule has 6 unspecified atom stereocenters. The molecule has 11 nitrogen and oxygen atoms in total. The second-order valence-corrected chi connectivity index (χ2v) is 7.92. The highest BCUT2D eigenvalue weighted by Gasteiger charge is 2.32. The van der Waals surface area contributed by atoms with Crippen LogP contribution < -0.4 is 27.4 Å². The number of primary amides is 1. The van der Waals surface area contributed by atoms with E-state index >= 15 is 0 Å². The minimum atomic E-state index is -1.25. The van der Waals surface area contributed by atoms with E-state index < -0.39 is 53.8 Å². The first-order valence-corrected chi connectivity index (χ1v) is 10.5. The second-order valence-electron chi connectivity index (χ2n) is 7.92. The van der Waals surface area contributed by atoms with Gasteiger partial charge in [-0.3, -0.25) is 24.0 Å². The van der Waals surface area contributed by atoms with Crippen molar-refractivity contribution in [1.82, 2.24) is 16.0 Å². The zero-order valence-corrected chi connectivity index (χ0v) is 18.9.